The number of amides is 1. The standard InChI is InChI=1S/C17H17N3O2.C17H17N3OS.4C2H6.CH4/c1-17(2)12-10-11(13-8-9-15(18-3)19(13)4)6-7-14(12)20(5)16(21)22-17;1-17(2)12-10-11(13-8-9-15(18-3)19(13)4)6-7-14(12)20(5)16(22)21-17;4*1-2;/h2*6-10H,1-2,4-5H3;4*1-2H3;1H4. The molecule has 1 amide bonds. The fourth-order valence-corrected chi connectivity index (χ4v) is 5.93. The van der Waals surface area contributed by atoms with Crippen molar-refractivity contribution < 1.29 is 14.3 Å². The van der Waals surface area contributed by atoms with E-state index in [9.17, 15) is 4.79 Å². The van der Waals surface area contributed by atoms with Crippen molar-refractivity contribution in [2.75, 3.05) is 23.9 Å². The second-order valence-electron chi connectivity index (χ2n) is 11.8. The number of ether oxygens (including phenoxy) is 2. The summed E-state index contributed by atoms with van der Waals surface area (Å²) in [6, 6.07) is 19.7. The molecule has 0 saturated heterocycles. The van der Waals surface area contributed by atoms with Gasteiger partial charge in [-0.15, -0.1) is 0 Å². The highest BCUT2D eigenvalue weighted by Crippen LogP contribution is 2.42. The van der Waals surface area contributed by atoms with Crippen LogP contribution in [0.2, 0.25) is 0 Å². The Bertz CT molecular complexity index is 1770. The summed E-state index contributed by atoms with van der Waals surface area (Å²) in [6.07, 6.45) is -0.348. The normalized spacial score (nSPS) is 13.7. The van der Waals surface area contributed by atoms with Gasteiger partial charge in [-0.25, -0.2) is 4.79 Å². The number of fused-ring (bicyclic) bond motifs is 2. The maximum absolute atomic E-state index is 11.9. The molecule has 0 atom stereocenters. The van der Waals surface area contributed by atoms with Gasteiger partial charge in [0.15, 0.2) is 0 Å². The van der Waals surface area contributed by atoms with Gasteiger partial charge in [0.25, 0.3) is 5.17 Å². The molecule has 0 spiro atoms. The Morgan fingerprint density at radius 3 is 1.30 bits per heavy atom. The Morgan fingerprint density at radius 1 is 0.585 bits per heavy atom. The third-order valence-electron chi connectivity index (χ3n) is 8.26. The number of aromatic nitrogens is 2. The zero-order chi connectivity index (χ0) is 40.1. The van der Waals surface area contributed by atoms with Gasteiger partial charge in [-0.1, -0.05) is 76.0 Å². The van der Waals surface area contributed by atoms with Crippen LogP contribution >= 0.6 is 12.2 Å². The van der Waals surface area contributed by atoms with Gasteiger partial charge in [-0.05, 0) is 101 Å². The molecular formula is C43H62N6O3S. The number of rotatable bonds is 2. The van der Waals surface area contributed by atoms with E-state index in [0.29, 0.717) is 16.8 Å². The molecule has 0 aliphatic carbocycles. The Balaban J connectivity index is 0.000000846. The number of benzene rings is 2. The molecule has 2 aliphatic rings. The van der Waals surface area contributed by atoms with Gasteiger partial charge in [0.05, 0.1) is 25.5 Å². The number of carbonyl (C=O) groups is 1. The monoisotopic (exact) mass is 742 g/mol. The Hall–Kier alpha value is -5.06. The van der Waals surface area contributed by atoms with Crippen molar-refractivity contribution in [3.8, 4) is 22.5 Å². The SMILES string of the molecule is C.CC.CC.CC.CC.[C-]#[N+]c1ccc(-c2ccc3c(c2)C(C)(C)OC(=O)N3C)n1C.[C-]#[N+]c1ccc(-c2ccc3c(c2)C(C)(C)OC(=S)N3C)n1C. The summed E-state index contributed by atoms with van der Waals surface area (Å²) in [6.45, 7) is 38.2. The molecular weight excluding hydrogens is 681 g/mol. The van der Waals surface area contributed by atoms with Crippen LogP contribution in [0.1, 0.15) is 102 Å². The number of nitrogens with zero attached hydrogens (tertiary/aromatic N) is 6. The predicted octanol–water partition coefficient (Wildman–Crippen LogP) is 13.0. The molecule has 6 rings (SSSR count). The highest BCUT2D eigenvalue weighted by molar-refractivity contribution is 7.80. The highest BCUT2D eigenvalue weighted by atomic mass is 32.1. The van der Waals surface area contributed by atoms with Gasteiger partial charge in [0.1, 0.15) is 22.6 Å². The summed E-state index contributed by atoms with van der Waals surface area (Å²) in [5.74, 6) is 1.22. The number of cyclic esters (lactones) is 1. The van der Waals surface area contributed by atoms with Crippen LogP contribution in [0.15, 0.2) is 60.7 Å². The second-order valence-corrected chi connectivity index (χ2v) is 12.2. The first-order chi connectivity index (χ1) is 24.7. The lowest BCUT2D eigenvalue weighted by Crippen LogP contribution is -2.41. The average Bonchev–Trinajstić information content (AvgIpc) is 3.73. The first kappa shape index (κ1) is 47.9. The minimum atomic E-state index is -0.678. The highest BCUT2D eigenvalue weighted by Gasteiger charge is 2.37. The van der Waals surface area contributed by atoms with E-state index in [2.05, 4.69) is 27.9 Å². The van der Waals surface area contributed by atoms with Gasteiger partial charge in [-0.3, -0.25) is 14.0 Å². The average molecular weight is 743 g/mol. The largest absolute Gasteiger partial charge is 0.460 e. The molecule has 10 heteroatoms. The molecule has 2 aromatic heterocycles. The molecule has 9 nitrogen and oxygen atoms in total. The van der Waals surface area contributed by atoms with E-state index in [1.54, 1.807) is 13.1 Å². The zero-order valence-electron chi connectivity index (χ0n) is 34.1. The van der Waals surface area contributed by atoms with Crippen molar-refractivity contribution in [2.45, 2.75) is 102 Å². The van der Waals surface area contributed by atoms with Crippen LogP contribution < -0.4 is 9.80 Å². The number of hydrogen-bond donors (Lipinski definition) is 0. The van der Waals surface area contributed by atoms with E-state index < -0.39 is 11.2 Å². The minimum Gasteiger partial charge on any atom is -0.460 e. The summed E-state index contributed by atoms with van der Waals surface area (Å²) < 4.78 is 15.1. The van der Waals surface area contributed by atoms with Crippen LogP contribution in [0, 0.1) is 13.1 Å². The van der Waals surface area contributed by atoms with Gasteiger partial charge in [0.2, 0.25) is 11.6 Å². The summed E-state index contributed by atoms with van der Waals surface area (Å²) in [7, 11) is 7.40. The van der Waals surface area contributed by atoms with Crippen LogP contribution in [-0.2, 0) is 34.8 Å². The van der Waals surface area contributed by atoms with Gasteiger partial charge in [-0.2, -0.15) is 0 Å². The maximum Gasteiger partial charge on any atom is 0.414 e. The first-order valence-corrected chi connectivity index (χ1v) is 18.4. The maximum atomic E-state index is 11.9. The van der Waals surface area contributed by atoms with E-state index >= 15 is 0 Å². The molecule has 4 heterocycles. The lowest BCUT2D eigenvalue weighted by molar-refractivity contribution is 0.0362. The van der Waals surface area contributed by atoms with Crippen LogP contribution in [0.5, 0.6) is 0 Å². The van der Waals surface area contributed by atoms with Crippen LogP contribution in [0.3, 0.4) is 0 Å². The van der Waals surface area contributed by atoms with Crippen molar-refractivity contribution in [2.24, 2.45) is 14.1 Å². The van der Waals surface area contributed by atoms with Crippen LogP contribution in [-0.4, -0.2) is 34.5 Å². The van der Waals surface area contributed by atoms with Crippen molar-refractivity contribution in [1.82, 2.24) is 9.13 Å². The summed E-state index contributed by atoms with van der Waals surface area (Å²) >= 11 is 5.29. The van der Waals surface area contributed by atoms with Crippen LogP contribution in [0.25, 0.3) is 32.2 Å². The molecule has 0 radical (unpaired) electrons. The summed E-state index contributed by atoms with van der Waals surface area (Å²) in [5, 5.41) is 0.486. The zero-order valence-corrected chi connectivity index (χ0v) is 34.9. The predicted molar refractivity (Wildman–Crippen MR) is 229 cm³/mol. The van der Waals surface area contributed by atoms with Gasteiger partial charge in [0, 0.05) is 36.3 Å². The second kappa shape index (κ2) is 20.8. The molecule has 0 fully saturated rings. The number of hydrogen-bond acceptors (Lipinski definition) is 4. The Morgan fingerprint density at radius 2 is 0.943 bits per heavy atom. The fourth-order valence-electron chi connectivity index (χ4n) is 5.63. The van der Waals surface area contributed by atoms with Crippen LogP contribution in [0.4, 0.5) is 27.8 Å². The number of carbonyl (C=O) groups excluding carboxylic acids is 1. The number of anilines is 2. The third kappa shape index (κ3) is 10.1. The van der Waals surface area contributed by atoms with Crippen molar-refractivity contribution >= 4 is 46.5 Å². The van der Waals surface area contributed by atoms with E-state index in [1.807, 2.05) is 155 Å². The molecule has 288 valence electrons. The molecule has 2 aliphatic heterocycles. The fraction of sp³-hybridized carbons (Fsp3) is 0.442. The minimum absolute atomic E-state index is 0. The molecule has 0 saturated carbocycles. The Kier molecular flexibility index (Phi) is 18.9. The quantitative estimate of drug-likeness (QED) is 0.151. The lowest BCUT2D eigenvalue weighted by atomic mass is 9.92. The van der Waals surface area contributed by atoms with Gasteiger partial charge < -0.3 is 24.1 Å². The molecule has 0 unspecified atom stereocenters. The smallest absolute Gasteiger partial charge is 0.414 e. The number of thiocarbonyl (C=S) groups is 1. The van der Waals surface area contributed by atoms with Gasteiger partial charge >= 0.3 is 6.09 Å². The van der Waals surface area contributed by atoms with E-state index in [0.717, 1.165) is 45.0 Å². The molecule has 53 heavy (non-hydrogen) atoms. The molecule has 4 aromatic rings. The van der Waals surface area contributed by atoms with E-state index in [-0.39, 0.29) is 13.5 Å². The first-order valence-electron chi connectivity index (χ1n) is 18.0. The summed E-state index contributed by atoms with van der Waals surface area (Å²) in [4.78, 5) is 22.3. The molecule has 0 bridgehead atoms. The van der Waals surface area contributed by atoms with E-state index in [4.69, 9.17) is 34.8 Å². The third-order valence-corrected chi connectivity index (χ3v) is 8.61. The summed E-state index contributed by atoms with van der Waals surface area (Å²) in [5.41, 5.74) is 6.85. The topological polar surface area (TPSA) is 60.6 Å². The van der Waals surface area contributed by atoms with Crippen molar-refractivity contribution in [3.05, 3.63) is 94.6 Å². The van der Waals surface area contributed by atoms with Crippen molar-refractivity contribution in [3.63, 3.8) is 0 Å². The Labute approximate surface area is 325 Å². The molecule has 0 N–H and O–H groups in total. The lowest BCUT2D eigenvalue weighted by Gasteiger charge is -2.39. The molecule has 2 aromatic carbocycles. The van der Waals surface area contributed by atoms with E-state index in [1.165, 1.54) is 4.90 Å². The van der Waals surface area contributed by atoms with Crippen molar-refractivity contribution in [1.29, 1.82) is 0 Å².